The van der Waals surface area contributed by atoms with E-state index in [-0.39, 0.29) is 12.4 Å². The van der Waals surface area contributed by atoms with Crippen molar-refractivity contribution in [2.24, 2.45) is 0 Å². The van der Waals surface area contributed by atoms with Gasteiger partial charge in [0.15, 0.2) is 0 Å². The van der Waals surface area contributed by atoms with Crippen LogP contribution in [-0.4, -0.2) is 28.0 Å². The van der Waals surface area contributed by atoms with Gasteiger partial charge >= 0.3 is 0 Å². The van der Waals surface area contributed by atoms with Crippen molar-refractivity contribution in [3.63, 3.8) is 0 Å². The molecule has 0 saturated heterocycles. The number of aliphatic hydroxyl groups is 1. The van der Waals surface area contributed by atoms with E-state index in [0.29, 0.717) is 25.1 Å². The zero-order valence-corrected chi connectivity index (χ0v) is 11.9. The van der Waals surface area contributed by atoms with Gasteiger partial charge in [0.1, 0.15) is 11.6 Å². The number of nitrogens with zero attached hydrogens (tertiary/aromatic N) is 2. The van der Waals surface area contributed by atoms with Crippen LogP contribution in [0.1, 0.15) is 16.8 Å². The molecule has 108 valence electrons. The monoisotopic (exact) mass is 277 g/mol. The number of aromatic nitrogens is 2. The summed E-state index contributed by atoms with van der Waals surface area (Å²) in [7, 11) is 0. The summed E-state index contributed by atoms with van der Waals surface area (Å²) in [5.74, 6) is 0.721. The minimum atomic E-state index is -0.175. The highest BCUT2D eigenvalue weighted by Crippen LogP contribution is 2.18. The van der Waals surface area contributed by atoms with Crippen molar-refractivity contribution in [3.8, 4) is 0 Å². The number of hydrogen-bond donors (Lipinski definition) is 2. The van der Waals surface area contributed by atoms with E-state index in [1.165, 1.54) is 6.07 Å². The molecule has 0 spiro atoms. The number of benzene rings is 1. The summed E-state index contributed by atoms with van der Waals surface area (Å²) >= 11 is 0. The van der Waals surface area contributed by atoms with E-state index in [9.17, 15) is 4.39 Å². The number of nitrogens with one attached hydrogen (secondary N) is 1. The summed E-state index contributed by atoms with van der Waals surface area (Å²) in [6, 6.07) is 6.79. The van der Waals surface area contributed by atoms with Crippen molar-refractivity contribution in [3.05, 3.63) is 46.9 Å². The molecule has 0 radical (unpaired) electrons. The zero-order chi connectivity index (χ0) is 14.5. The number of hydrogen-bond acceptors (Lipinski definition) is 3. The third kappa shape index (κ3) is 3.17. The van der Waals surface area contributed by atoms with Crippen molar-refractivity contribution in [2.75, 3.05) is 18.5 Å². The van der Waals surface area contributed by atoms with Crippen molar-refractivity contribution < 1.29 is 9.50 Å². The lowest BCUT2D eigenvalue weighted by Crippen LogP contribution is -2.13. The molecule has 0 unspecified atom stereocenters. The smallest absolute Gasteiger partial charge is 0.127 e. The molecular weight excluding hydrogens is 257 g/mol. The molecule has 0 saturated carbocycles. The van der Waals surface area contributed by atoms with Crippen molar-refractivity contribution >= 4 is 5.82 Å². The molecule has 20 heavy (non-hydrogen) atoms. The average Bonchev–Trinajstić information content (AvgIpc) is 2.69. The van der Waals surface area contributed by atoms with E-state index >= 15 is 0 Å². The van der Waals surface area contributed by atoms with Crippen LogP contribution in [0.4, 0.5) is 10.2 Å². The predicted octanol–water partition coefficient (Wildman–Crippen LogP) is 2.29. The lowest BCUT2D eigenvalue weighted by molar-refractivity contribution is 0.270. The molecule has 0 atom stereocenters. The standard InChI is InChI=1S/C15H20FN3O/c1-11-12(2)18-19(9-10-20)15(11)17-8-7-13-5-3-4-6-14(13)16/h3-6,17,20H,7-10H2,1-2H3. The summed E-state index contributed by atoms with van der Waals surface area (Å²) in [4.78, 5) is 0. The highest BCUT2D eigenvalue weighted by Gasteiger charge is 2.10. The van der Waals surface area contributed by atoms with Crippen LogP contribution in [0.3, 0.4) is 0 Å². The van der Waals surface area contributed by atoms with E-state index in [1.54, 1.807) is 16.8 Å². The molecule has 2 aromatic rings. The number of halogens is 1. The van der Waals surface area contributed by atoms with E-state index in [4.69, 9.17) is 5.11 Å². The molecule has 1 aromatic carbocycles. The number of anilines is 1. The Kier molecular flexibility index (Phi) is 4.74. The van der Waals surface area contributed by atoms with E-state index in [1.807, 2.05) is 19.9 Å². The maximum absolute atomic E-state index is 13.5. The lowest BCUT2D eigenvalue weighted by atomic mass is 10.1. The minimum Gasteiger partial charge on any atom is -0.394 e. The van der Waals surface area contributed by atoms with Crippen LogP contribution in [0.2, 0.25) is 0 Å². The van der Waals surface area contributed by atoms with Gasteiger partial charge in [0, 0.05) is 12.1 Å². The Morgan fingerprint density at radius 1 is 1.30 bits per heavy atom. The van der Waals surface area contributed by atoms with Crippen LogP contribution in [0, 0.1) is 19.7 Å². The summed E-state index contributed by atoms with van der Waals surface area (Å²) in [5.41, 5.74) is 2.70. The number of rotatable bonds is 6. The molecule has 0 amide bonds. The molecular formula is C15H20FN3O. The molecule has 4 nitrogen and oxygen atoms in total. The van der Waals surface area contributed by atoms with Gasteiger partial charge in [-0.1, -0.05) is 18.2 Å². The second-order valence-corrected chi connectivity index (χ2v) is 4.77. The first-order valence-corrected chi connectivity index (χ1v) is 6.75. The van der Waals surface area contributed by atoms with Gasteiger partial charge in [-0.25, -0.2) is 9.07 Å². The molecule has 0 aliphatic carbocycles. The summed E-state index contributed by atoms with van der Waals surface area (Å²) in [5, 5.41) is 16.7. The van der Waals surface area contributed by atoms with Crippen molar-refractivity contribution in [1.82, 2.24) is 9.78 Å². The fourth-order valence-electron chi connectivity index (χ4n) is 2.17. The van der Waals surface area contributed by atoms with Crippen LogP contribution in [-0.2, 0) is 13.0 Å². The van der Waals surface area contributed by atoms with E-state index in [2.05, 4.69) is 10.4 Å². The van der Waals surface area contributed by atoms with Gasteiger partial charge in [0.05, 0.1) is 18.8 Å². The van der Waals surface area contributed by atoms with Gasteiger partial charge in [-0.05, 0) is 31.9 Å². The van der Waals surface area contributed by atoms with Gasteiger partial charge < -0.3 is 10.4 Å². The van der Waals surface area contributed by atoms with Gasteiger partial charge in [0.2, 0.25) is 0 Å². The maximum atomic E-state index is 13.5. The summed E-state index contributed by atoms with van der Waals surface area (Å²) < 4.78 is 15.3. The van der Waals surface area contributed by atoms with Gasteiger partial charge in [0.25, 0.3) is 0 Å². The Morgan fingerprint density at radius 3 is 2.75 bits per heavy atom. The molecule has 0 fully saturated rings. The van der Waals surface area contributed by atoms with Gasteiger partial charge in [-0.15, -0.1) is 0 Å². The Morgan fingerprint density at radius 2 is 2.05 bits per heavy atom. The maximum Gasteiger partial charge on any atom is 0.127 e. The third-order valence-corrected chi connectivity index (χ3v) is 3.38. The fourth-order valence-corrected chi connectivity index (χ4v) is 2.17. The Hall–Kier alpha value is -1.88. The molecule has 0 bridgehead atoms. The second-order valence-electron chi connectivity index (χ2n) is 4.77. The lowest BCUT2D eigenvalue weighted by Gasteiger charge is -2.10. The van der Waals surface area contributed by atoms with E-state index in [0.717, 1.165) is 17.1 Å². The van der Waals surface area contributed by atoms with Crippen molar-refractivity contribution in [1.29, 1.82) is 0 Å². The normalized spacial score (nSPS) is 10.8. The van der Waals surface area contributed by atoms with Gasteiger partial charge in [-0.3, -0.25) is 0 Å². The molecule has 5 heteroatoms. The first-order valence-electron chi connectivity index (χ1n) is 6.75. The van der Waals surface area contributed by atoms with E-state index < -0.39 is 0 Å². The highest BCUT2D eigenvalue weighted by atomic mass is 19.1. The van der Waals surface area contributed by atoms with Crippen LogP contribution in [0.25, 0.3) is 0 Å². The molecule has 2 N–H and O–H groups in total. The first kappa shape index (κ1) is 14.5. The van der Waals surface area contributed by atoms with Gasteiger partial charge in [-0.2, -0.15) is 5.10 Å². The van der Waals surface area contributed by atoms with Crippen LogP contribution in [0.5, 0.6) is 0 Å². The average molecular weight is 277 g/mol. The fraction of sp³-hybridized carbons (Fsp3) is 0.400. The quantitative estimate of drug-likeness (QED) is 0.851. The molecule has 0 aliphatic heterocycles. The Bertz CT molecular complexity index is 580. The summed E-state index contributed by atoms with van der Waals surface area (Å²) in [6.45, 7) is 5.05. The number of aryl methyl sites for hydroxylation is 1. The third-order valence-electron chi connectivity index (χ3n) is 3.38. The zero-order valence-electron chi connectivity index (χ0n) is 11.9. The molecule has 2 rings (SSSR count). The predicted molar refractivity (Wildman–Crippen MR) is 77.4 cm³/mol. The first-order chi connectivity index (χ1) is 9.63. The molecule has 1 aromatic heterocycles. The van der Waals surface area contributed by atoms with Crippen LogP contribution < -0.4 is 5.32 Å². The topological polar surface area (TPSA) is 50.1 Å². The summed E-state index contributed by atoms with van der Waals surface area (Å²) in [6.07, 6.45) is 0.607. The van der Waals surface area contributed by atoms with Crippen LogP contribution >= 0.6 is 0 Å². The SMILES string of the molecule is Cc1nn(CCO)c(NCCc2ccccc2F)c1C. The molecule has 0 aliphatic rings. The Balaban J connectivity index is 2.02. The second kappa shape index (κ2) is 6.52. The van der Waals surface area contributed by atoms with Crippen molar-refractivity contribution in [2.45, 2.75) is 26.8 Å². The highest BCUT2D eigenvalue weighted by molar-refractivity contribution is 5.46. The molecule has 1 heterocycles. The largest absolute Gasteiger partial charge is 0.394 e. The Labute approximate surface area is 118 Å². The van der Waals surface area contributed by atoms with Crippen LogP contribution in [0.15, 0.2) is 24.3 Å². The minimum absolute atomic E-state index is 0.0442. The number of aliphatic hydroxyl groups excluding tert-OH is 1.